The van der Waals surface area contributed by atoms with Gasteiger partial charge in [0.25, 0.3) is 0 Å². The first kappa shape index (κ1) is 18.6. The Balaban J connectivity index is 1.68. The van der Waals surface area contributed by atoms with E-state index in [2.05, 4.69) is 38.2 Å². The van der Waals surface area contributed by atoms with Crippen LogP contribution in [-0.2, 0) is 12.8 Å². The van der Waals surface area contributed by atoms with Gasteiger partial charge in [0.05, 0.1) is 17.1 Å². The van der Waals surface area contributed by atoms with Crippen LogP contribution >= 0.6 is 0 Å². The number of hydrogen-bond donors (Lipinski definition) is 0. The van der Waals surface area contributed by atoms with Gasteiger partial charge in [0.2, 0.25) is 0 Å². The van der Waals surface area contributed by atoms with E-state index in [1.807, 2.05) is 54.9 Å². The van der Waals surface area contributed by atoms with E-state index in [0.717, 1.165) is 47.8 Å². The molecule has 0 fully saturated rings. The molecule has 0 unspecified atom stereocenters. The number of pyridine rings is 1. The van der Waals surface area contributed by atoms with Crippen LogP contribution in [0.15, 0.2) is 60.1 Å². The van der Waals surface area contributed by atoms with Crippen molar-refractivity contribution >= 4 is 11.4 Å². The number of aromatic nitrogens is 5. The fourth-order valence-corrected chi connectivity index (χ4v) is 2.84. The lowest BCUT2D eigenvalue weighted by Crippen LogP contribution is -2.03. The minimum Gasteiger partial charge on any atom is -0.269 e. The number of fused-ring (bicyclic) bond motifs is 1. The lowest BCUT2D eigenvalue weighted by atomic mass is 10.1. The molecule has 0 aliphatic heterocycles. The summed E-state index contributed by atoms with van der Waals surface area (Å²) in [5.41, 5.74) is 4.92. The average molecular weight is 360 g/mol. The normalized spacial score (nSPS) is 12.6. The Morgan fingerprint density at radius 1 is 1.19 bits per heavy atom. The number of aliphatic imine (C=N–C) groups is 1. The highest BCUT2D eigenvalue weighted by atomic mass is 15.3. The lowest BCUT2D eigenvalue weighted by Gasteiger charge is -2.07. The molecule has 27 heavy (non-hydrogen) atoms. The van der Waals surface area contributed by atoms with Gasteiger partial charge >= 0.3 is 0 Å². The minimum absolute atomic E-state index is 0.755. The molecular formula is C21H24N6. The molecule has 0 aliphatic carbocycles. The Morgan fingerprint density at radius 2 is 2.07 bits per heavy atom. The Labute approximate surface area is 159 Å². The number of aryl methyl sites for hydroxylation is 2. The maximum Gasteiger partial charge on any atom is 0.167 e. The van der Waals surface area contributed by atoms with Crippen LogP contribution in [0.25, 0.3) is 5.65 Å². The van der Waals surface area contributed by atoms with Gasteiger partial charge in [-0.25, -0.2) is 4.98 Å². The Hall–Kier alpha value is -3.15. The molecule has 138 valence electrons. The van der Waals surface area contributed by atoms with Crippen LogP contribution in [0.4, 0.5) is 0 Å². The molecule has 0 aromatic carbocycles. The molecule has 3 heterocycles. The molecule has 0 saturated heterocycles. The summed E-state index contributed by atoms with van der Waals surface area (Å²) in [7, 11) is 0. The zero-order chi connectivity index (χ0) is 19.1. The van der Waals surface area contributed by atoms with E-state index in [4.69, 9.17) is 0 Å². The number of allylic oxidation sites excluding steroid dienone is 3. The summed E-state index contributed by atoms with van der Waals surface area (Å²) in [6, 6.07) is 5.81. The second-order valence-corrected chi connectivity index (χ2v) is 6.26. The quantitative estimate of drug-likeness (QED) is 0.473. The highest BCUT2D eigenvalue weighted by Gasteiger charge is 2.11. The third-order valence-corrected chi connectivity index (χ3v) is 4.26. The second kappa shape index (κ2) is 8.98. The fourth-order valence-electron chi connectivity index (χ4n) is 2.84. The first-order valence-corrected chi connectivity index (χ1v) is 9.16. The summed E-state index contributed by atoms with van der Waals surface area (Å²) in [6.45, 7) is 6.05. The average Bonchev–Trinajstić information content (AvgIpc) is 3.07. The Bertz CT molecular complexity index is 983. The van der Waals surface area contributed by atoms with Crippen molar-refractivity contribution in [2.45, 2.75) is 40.0 Å². The minimum atomic E-state index is 0.755. The molecule has 3 rings (SSSR count). The Morgan fingerprint density at radius 3 is 2.85 bits per heavy atom. The molecule has 6 heteroatoms. The van der Waals surface area contributed by atoms with E-state index in [-0.39, 0.29) is 0 Å². The van der Waals surface area contributed by atoms with E-state index in [0.29, 0.717) is 0 Å². The van der Waals surface area contributed by atoms with E-state index >= 15 is 0 Å². The fraction of sp³-hybridized carbons (Fsp3) is 0.286. The largest absolute Gasteiger partial charge is 0.269 e. The van der Waals surface area contributed by atoms with Gasteiger partial charge in [0.1, 0.15) is 12.2 Å². The lowest BCUT2D eigenvalue weighted by molar-refractivity contribution is 0.866. The molecule has 0 saturated carbocycles. The van der Waals surface area contributed by atoms with Crippen molar-refractivity contribution in [1.82, 2.24) is 24.6 Å². The summed E-state index contributed by atoms with van der Waals surface area (Å²) < 4.78 is 1.95. The standard InChI is InChI=1S/C21H24N6/c1-4-10-18-20(24-15-27-17(3)25-26-21(18)27)12-6-5-8-13-22-16(2)19-11-7-9-14-23-19/h5-9,11,13-15H,4,10,12H2,1-3H3/b6-5-,13-8-,22-16+. The van der Waals surface area contributed by atoms with Gasteiger partial charge < -0.3 is 0 Å². The van der Waals surface area contributed by atoms with Crippen molar-refractivity contribution in [2.24, 2.45) is 4.99 Å². The summed E-state index contributed by atoms with van der Waals surface area (Å²) in [5, 5.41) is 8.48. The van der Waals surface area contributed by atoms with Gasteiger partial charge in [-0.15, -0.1) is 10.2 Å². The third-order valence-electron chi connectivity index (χ3n) is 4.26. The van der Waals surface area contributed by atoms with Gasteiger partial charge in [-0.05, 0) is 38.5 Å². The van der Waals surface area contributed by atoms with Crippen LogP contribution in [0.1, 0.15) is 43.0 Å². The third kappa shape index (κ3) is 4.53. The van der Waals surface area contributed by atoms with Crippen LogP contribution in [0, 0.1) is 6.92 Å². The number of hydrogen-bond acceptors (Lipinski definition) is 5. The molecule has 0 atom stereocenters. The number of rotatable bonds is 7. The van der Waals surface area contributed by atoms with Crippen LogP contribution in [-0.4, -0.2) is 30.3 Å². The summed E-state index contributed by atoms with van der Waals surface area (Å²) >= 11 is 0. The smallest absolute Gasteiger partial charge is 0.167 e. The molecule has 0 radical (unpaired) electrons. The van der Waals surface area contributed by atoms with Crippen LogP contribution in [0.5, 0.6) is 0 Å². The van der Waals surface area contributed by atoms with Crippen LogP contribution in [0.3, 0.4) is 0 Å². The van der Waals surface area contributed by atoms with Gasteiger partial charge in [-0.3, -0.25) is 14.4 Å². The molecule has 0 N–H and O–H groups in total. The first-order valence-electron chi connectivity index (χ1n) is 9.16. The molecule has 3 aromatic heterocycles. The van der Waals surface area contributed by atoms with Crippen molar-refractivity contribution in [1.29, 1.82) is 0 Å². The van der Waals surface area contributed by atoms with Crippen LogP contribution < -0.4 is 0 Å². The molecule has 6 nitrogen and oxygen atoms in total. The van der Waals surface area contributed by atoms with Crippen molar-refractivity contribution in [3.05, 3.63) is 77.9 Å². The highest BCUT2D eigenvalue weighted by molar-refractivity contribution is 5.97. The Kier molecular flexibility index (Phi) is 6.20. The maximum atomic E-state index is 4.62. The monoisotopic (exact) mass is 360 g/mol. The molecule has 0 spiro atoms. The molecular weight excluding hydrogens is 336 g/mol. The van der Waals surface area contributed by atoms with E-state index in [9.17, 15) is 0 Å². The predicted octanol–water partition coefficient (Wildman–Crippen LogP) is 3.90. The zero-order valence-corrected chi connectivity index (χ0v) is 16.0. The van der Waals surface area contributed by atoms with Crippen LogP contribution in [0.2, 0.25) is 0 Å². The van der Waals surface area contributed by atoms with Crippen molar-refractivity contribution < 1.29 is 0 Å². The molecule has 0 bridgehead atoms. The summed E-state index contributed by atoms with van der Waals surface area (Å²) in [6.07, 6.45) is 14.1. The first-order chi connectivity index (χ1) is 13.2. The van der Waals surface area contributed by atoms with Gasteiger partial charge in [-0.1, -0.05) is 31.6 Å². The molecule has 0 amide bonds. The summed E-state index contributed by atoms with van der Waals surface area (Å²) in [5.74, 6) is 0.862. The molecule has 3 aromatic rings. The molecule has 0 aliphatic rings. The van der Waals surface area contributed by atoms with Crippen molar-refractivity contribution in [3.8, 4) is 0 Å². The maximum absolute atomic E-state index is 4.62. The van der Waals surface area contributed by atoms with E-state index in [1.54, 1.807) is 12.4 Å². The number of nitrogens with zero attached hydrogens (tertiary/aromatic N) is 6. The van der Waals surface area contributed by atoms with Gasteiger partial charge in [0.15, 0.2) is 5.65 Å². The van der Waals surface area contributed by atoms with E-state index in [1.165, 1.54) is 5.56 Å². The zero-order valence-electron chi connectivity index (χ0n) is 16.0. The predicted molar refractivity (Wildman–Crippen MR) is 108 cm³/mol. The van der Waals surface area contributed by atoms with Gasteiger partial charge in [0, 0.05) is 24.4 Å². The van der Waals surface area contributed by atoms with Crippen molar-refractivity contribution in [3.63, 3.8) is 0 Å². The topological polar surface area (TPSA) is 68.3 Å². The second-order valence-electron chi connectivity index (χ2n) is 6.26. The highest BCUT2D eigenvalue weighted by Crippen LogP contribution is 2.16. The van der Waals surface area contributed by atoms with E-state index < -0.39 is 0 Å². The SMILES string of the molecule is CCCc1c(C\C=C/C=C\N=C(/C)c2ccccn2)ncn2c(C)nnc12. The van der Waals surface area contributed by atoms with Gasteiger partial charge in [-0.2, -0.15) is 0 Å². The summed E-state index contributed by atoms with van der Waals surface area (Å²) in [4.78, 5) is 13.3. The van der Waals surface area contributed by atoms with Crippen molar-refractivity contribution in [2.75, 3.05) is 0 Å².